The van der Waals surface area contributed by atoms with E-state index in [1.807, 2.05) is 44.2 Å². The molecule has 0 bridgehead atoms. The van der Waals surface area contributed by atoms with E-state index in [0.29, 0.717) is 4.91 Å². The van der Waals surface area contributed by atoms with Crippen molar-refractivity contribution in [1.82, 2.24) is 0 Å². The Labute approximate surface area is 87.6 Å². The number of allylic oxidation sites excluding steroid dienone is 2. The standard InChI is InChI=1S/C12H14OS/c1-4-5-11(3)14(13)12-8-6-10(2)7-9-12/h4-9H,3H2,1-2H3/b5-4+/t14-/m1/s1. The van der Waals surface area contributed by atoms with E-state index < -0.39 is 10.8 Å². The van der Waals surface area contributed by atoms with Gasteiger partial charge in [0.2, 0.25) is 0 Å². The first kappa shape index (κ1) is 10.9. The van der Waals surface area contributed by atoms with Gasteiger partial charge in [-0.2, -0.15) is 0 Å². The molecule has 1 aromatic rings. The second kappa shape index (κ2) is 4.91. The van der Waals surface area contributed by atoms with Crippen molar-refractivity contribution in [2.75, 3.05) is 0 Å². The molecule has 0 aliphatic heterocycles. The molecule has 0 fully saturated rings. The Morgan fingerprint density at radius 1 is 1.36 bits per heavy atom. The molecule has 0 radical (unpaired) electrons. The fourth-order valence-electron chi connectivity index (χ4n) is 1.06. The molecule has 1 aromatic carbocycles. The fraction of sp³-hybridized carbons (Fsp3) is 0.167. The third-order valence-electron chi connectivity index (χ3n) is 1.83. The molecule has 0 aliphatic rings. The van der Waals surface area contributed by atoms with E-state index in [2.05, 4.69) is 6.58 Å². The Hall–Kier alpha value is -1.15. The van der Waals surface area contributed by atoms with Gasteiger partial charge in [0.1, 0.15) is 0 Å². The van der Waals surface area contributed by atoms with Crippen LogP contribution in [0.3, 0.4) is 0 Å². The molecule has 0 saturated heterocycles. The maximum atomic E-state index is 11.8. The Morgan fingerprint density at radius 3 is 2.43 bits per heavy atom. The van der Waals surface area contributed by atoms with Crippen LogP contribution >= 0.6 is 0 Å². The molecule has 0 saturated carbocycles. The topological polar surface area (TPSA) is 17.1 Å². The van der Waals surface area contributed by atoms with E-state index in [9.17, 15) is 4.21 Å². The zero-order valence-corrected chi connectivity index (χ0v) is 9.30. The number of rotatable bonds is 3. The highest BCUT2D eigenvalue weighted by atomic mass is 32.2. The third kappa shape index (κ3) is 2.67. The van der Waals surface area contributed by atoms with Gasteiger partial charge >= 0.3 is 0 Å². The van der Waals surface area contributed by atoms with Crippen molar-refractivity contribution < 1.29 is 4.21 Å². The first-order valence-electron chi connectivity index (χ1n) is 4.45. The zero-order chi connectivity index (χ0) is 10.6. The second-order valence-electron chi connectivity index (χ2n) is 3.05. The van der Waals surface area contributed by atoms with Gasteiger partial charge in [-0.25, -0.2) is 4.21 Å². The van der Waals surface area contributed by atoms with Crippen LogP contribution in [0.5, 0.6) is 0 Å². The summed E-state index contributed by atoms with van der Waals surface area (Å²) in [5.41, 5.74) is 1.17. The van der Waals surface area contributed by atoms with Gasteiger partial charge in [0.25, 0.3) is 0 Å². The van der Waals surface area contributed by atoms with Crippen LogP contribution in [0.1, 0.15) is 12.5 Å². The van der Waals surface area contributed by atoms with Crippen molar-refractivity contribution >= 4 is 10.8 Å². The summed E-state index contributed by atoms with van der Waals surface area (Å²) in [4.78, 5) is 1.44. The van der Waals surface area contributed by atoms with Gasteiger partial charge in [-0.15, -0.1) is 0 Å². The van der Waals surface area contributed by atoms with Gasteiger partial charge in [0.15, 0.2) is 0 Å². The molecular weight excluding hydrogens is 192 g/mol. The van der Waals surface area contributed by atoms with Crippen molar-refractivity contribution in [3.05, 3.63) is 53.5 Å². The lowest BCUT2D eigenvalue weighted by atomic mass is 10.2. The molecular formula is C12H14OS. The molecule has 0 aromatic heterocycles. The first-order valence-corrected chi connectivity index (χ1v) is 5.60. The van der Waals surface area contributed by atoms with E-state index >= 15 is 0 Å². The number of aryl methyl sites for hydroxylation is 1. The molecule has 1 rings (SSSR count). The molecule has 0 spiro atoms. The van der Waals surface area contributed by atoms with Gasteiger partial charge in [0, 0.05) is 9.80 Å². The SMILES string of the molecule is C=C(/C=C/C)[S@@](=O)c1ccc(C)cc1. The van der Waals surface area contributed by atoms with E-state index in [1.165, 1.54) is 5.56 Å². The van der Waals surface area contributed by atoms with E-state index in [-0.39, 0.29) is 0 Å². The monoisotopic (exact) mass is 206 g/mol. The summed E-state index contributed by atoms with van der Waals surface area (Å²) in [6, 6.07) is 7.66. The maximum absolute atomic E-state index is 11.8. The normalized spacial score (nSPS) is 13.0. The van der Waals surface area contributed by atoms with E-state index in [1.54, 1.807) is 6.08 Å². The average Bonchev–Trinajstić information content (AvgIpc) is 2.18. The van der Waals surface area contributed by atoms with Crippen molar-refractivity contribution in [2.45, 2.75) is 18.7 Å². The van der Waals surface area contributed by atoms with E-state index in [0.717, 1.165) is 4.90 Å². The number of benzene rings is 1. The lowest BCUT2D eigenvalue weighted by Crippen LogP contribution is -1.92. The second-order valence-corrected chi connectivity index (χ2v) is 4.58. The van der Waals surface area contributed by atoms with Crippen LogP contribution in [0.4, 0.5) is 0 Å². The minimum Gasteiger partial charge on any atom is -0.249 e. The van der Waals surface area contributed by atoms with Crippen LogP contribution in [0.15, 0.2) is 52.8 Å². The molecule has 14 heavy (non-hydrogen) atoms. The smallest absolute Gasteiger partial charge is 0.0843 e. The van der Waals surface area contributed by atoms with Crippen LogP contribution in [-0.2, 0) is 10.8 Å². The highest BCUT2D eigenvalue weighted by Crippen LogP contribution is 2.14. The van der Waals surface area contributed by atoms with Crippen molar-refractivity contribution in [1.29, 1.82) is 0 Å². The van der Waals surface area contributed by atoms with Gasteiger partial charge in [0.05, 0.1) is 10.8 Å². The largest absolute Gasteiger partial charge is 0.249 e. The Balaban J connectivity index is 2.90. The van der Waals surface area contributed by atoms with Crippen LogP contribution in [0.25, 0.3) is 0 Å². The van der Waals surface area contributed by atoms with Crippen LogP contribution in [-0.4, -0.2) is 4.21 Å². The first-order chi connectivity index (χ1) is 6.65. The van der Waals surface area contributed by atoms with Crippen molar-refractivity contribution in [2.24, 2.45) is 0 Å². The number of hydrogen-bond donors (Lipinski definition) is 0. The fourth-order valence-corrected chi connectivity index (χ4v) is 2.01. The quantitative estimate of drug-likeness (QED) is 0.694. The lowest BCUT2D eigenvalue weighted by molar-refractivity contribution is 0.687. The molecule has 0 N–H and O–H groups in total. The Kier molecular flexibility index (Phi) is 3.84. The third-order valence-corrected chi connectivity index (χ3v) is 3.14. The Bertz CT molecular complexity index is 374. The molecule has 2 heteroatoms. The minimum absolute atomic E-state index is 0.636. The summed E-state index contributed by atoms with van der Waals surface area (Å²) >= 11 is 0. The molecule has 74 valence electrons. The summed E-state index contributed by atoms with van der Waals surface area (Å²) in [5, 5.41) is 0. The van der Waals surface area contributed by atoms with Gasteiger partial charge < -0.3 is 0 Å². The van der Waals surface area contributed by atoms with E-state index in [4.69, 9.17) is 0 Å². The highest BCUT2D eigenvalue weighted by molar-refractivity contribution is 7.89. The molecule has 0 unspecified atom stereocenters. The van der Waals surface area contributed by atoms with Gasteiger partial charge in [-0.3, -0.25) is 0 Å². The minimum atomic E-state index is -1.12. The van der Waals surface area contributed by atoms with Gasteiger partial charge in [-0.1, -0.05) is 36.4 Å². The average molecular weight is 206 g/mol. The molecule has 0 heterocycles. The summed E-state index contributed by atoms with van der Waals surface area (Å²) in [7, 11) is -1.12. The number of hydrogen-bond acceptors (Lipinski definition) is 1. The van der Waals surface area contributed by atoms with Crippen LogP contribution in [0.2, 0.25) is 0 Å². The summed E-state index contributed by atoms with van der Waals surface area (Å²) in [6.07, 6.45) is 3.62. The predicted octanol–water partition coefficient (Wildman–Crippen LogP) is 3.19. The van der Waals surface area contributed by atoms with Gasteiger partial charge in [-0.05, 0) is 26.0 Å². The molecule has 1 nitrogen and oxygen atoms in total. The van der Waals surface area contributed by atoms with Crippen LogP contribution < -0.4 is 0 Å². The highest BCUT2D eigenvalue weighted by Gasteiger charge is 2.04. The van der Waals surface area contributed by atoms with Crippen molar-refractivity contribution in [3.8, 4) is 0 Å². The van der Waals surface area contributed by atoms with Crippen molar-refractivity contribution in [3.63, 3.8) is 0 Å². The lowest BCUT2D eigenvalue weighted by Gasteiger charge is -2.01. The zero-order valence-electron chi connectivity index (χ0n) is 8.49. The molecule has 0 amide bonds. The molecule has 0 aliphatic carbocycles. The Morgan fingerprint density at radius 2 is 1.93 bits per heavy atom. The maximum Gasteiger partial charge on any atom is 0.0843 e. The summed E-state index contributed by atoms with van der Waals surface area (Å²) in [5.74, 6) is 0. The van der Waals surface area contributed by atoms with Crippen LogP contribution in [0, 0.1) is 6.92 Å². The predicted molar refractivity (Wildman–Crippen MR) is 61.5 cm³/mol. The summed E-state index contributed by atoms with van der Waals surface area (Å²) in [6.45, 7) is 7.65. The summed E-state index contributed by atoms with van der Waals surface area (Å²) < 4.78 is 11.8. The molecule has 1 atom stereocenters.